The van der Waals surface area contributed by atoms with Gasteiger partial charge in [-0.1, -0.05) is 19.1 Å². The summed E-state index contributed by atoms with van der Waals surface area (Å²) in [6, 6.07) is 7.31. The van der Waals surface area contributed by atoms with Crippen LogP contribution in [0.4, 0.5) is 4.79 Å². The number of nitrogens with zero attached hydrogens (tertiary/aromatic N) is 3. The Kier molecular flexibility index (Phi) is 5.51. The number of likely N-dealkylation sites (N-methyl/N-ethyl adjacent to an activating group) is 1. The van der Waals surface area contributed by atoms with Gasteiger partial charge in [0.1, 0.15) is 5.71 Å². The summed E-state index contributed by atoms with van der Waals surface area (Å²) >= 11 is 1.73. The maximum Gasteiger partial charge on any atom is 0.340 e. The Bertz CT molecular complexity index is 660. The zero-order valence-corrected chi connectivity index (χ0v) is 15.3. The normalized spacial score (nSPS) is 20.1. The highest BCUT2D eigenvalue weighted by Gasteiger charge is 2.49. The molecule has 1 aliphatic heterocycles. The van der Waals surface area contributed by atoms with Crippen LogP contribution in [0.1, 0.15) is 19.4 Å². The van der Waals surface area contributed by atoms with Crippen molar-refractivity contribution in [2.45, 2.75) is 24.3 Å². The Labute approximate surface area is 146 Å². The predicted molar refractivity (Wildman–Crippen MR) is 93.9 cm³/mol. The molecule has 1 heterocycles. The van der Waals surface area contributed by atoms with Gasteiger partial charge in [0.2, 0.25) is 5.60 Å². The molecule has 1 atom stereocenters. The molecule has 0 aliphatic carbocycles. The first-order chi connectivity index (χ1) is 11.3. The molecule has 3 amide bonds. The molecule has 8 heteroatoms. The minimum Gasteiger partial charge on any atom is -0.329 e. The van der Waals surface area contributed by atoms with E-state index < -0.39 is 11.6 Å². The number of hydrogen-bond donors (Lipinski definition) is 1. The largest absolute Gasteiger partial charge is 0.340 e. The SMILES string of the molecule is CCSc1ccc(C2=NN(C)C(=O)C2(C)ONC(=O)N(C)C)cc1. The third-order valence-corrected chi connectivity index (χ3v) is 4.49. The Balaban J connectivity index is 2.26. The van der Waals surface area contributed by atoms with Gasteiger partial charge in [-0.25, -0.2) is 20.1 Å². The highest BCUT2D eigenvalue weighted by molar-refractivity contribution is 7.99. The number of carbonyl (C=O) groups excluding carboxylic acids is 2. The van der Waals surface area contributed by atoms with Crippen LogP contribution in [0.2, 0.25) is 0 Å². The molecule has 2 rings (SSSR count). The molecule has 1 unspecified atom stereocenters. The van der Waals surface area contributed by atoms with Crippen molar-refractivity contribution >= 4 is 29.4 Å². The van der Waals surface area contributed by atoms with Crippen molar-refractivity contribution in [3.8, 4) is 0 Å². The maximum absolute atomic E-state index is 12.5. The van der Waals surface area contributed by atoms with Crippen molar-refractivity contribution in [2.75, 3.05) is 26.9 Å². The van der Waals surface area contributed by atoms with Crippen LogP contribution in [0.3, 0.4) is 0 Å². The van der Waals surface area contributed by atoms with E-state index in [1.807, 2.05) is 24.3 Å². The number of urea groups is 1. The summed E-state index contributed by atoms with van der Waals surface area (Å²) in [4.78, 5) is 32.1. The van der Waals surface area contributed by atoms with Crippen molar-refractivity contribution in [3.63, 3.8) is 0 Å². The molecular weight excluding hydrogens is 328 g/mol. The Morgan fingerprint density at radius 3 is 2.54 bits per heavy atom. The molecule has 1 aromatic rings. The van der Waals surface area contributed by atoms with E-state index >= 15 is 0 Å². The monoisotopic (exact) mass is 350 g/mol. The van der Waals surface area contributed by atoms with E-state index in [9.17, 15) is 9.59 Å². The highest BCUT2D eigenvalue weighted by Crippen LogP contribution is 2.28. The van der Waals surface area contributed by atoms with Crippen LogP contribution in [-0.4, -0.2) is 60.1 Å². The topological polar surface area (TPSA) is 74.2 Å². The van der Waals surface area contributed by atoms with Crippen LogP contribution in [0.15, 0.2) is 34.3 Å². The predicted octanol–water partition coefficient (Wildman–Crippen LogP) is 1.94. The summed E-state index contributed by atoms with van der Waals surface area (Å²) in [5, 5.41) is 5.52. The molecule has 0 bridgehead atoms. The number of amides is 3. The van der Waals surface area contributed by atoms with E-state index in [4.69, 9.17) is 4.84 Å². The van der Waals surface area contributed by atoms with E-state index in [0.717, 1.165) is 16.2 Å². The molecule has 1 aromatic carbocycles. The van der Waals surface area contributed by atoms with Gasteiger partial charge in [-0.3, -0.25) is 4.79 Å². The lowest BCUT2D eigenvalue weighted by Gasteiger charge is -2.25. The third kappa shape index (κ3) is 3.54. The summed E-state index contributed by atoms with van der Waals surface area (Å²) in [6.07, 6.45) is 0. The zero-order valence-electron chi connectivity index (χ0n) is 14.5. The molecule has 0 saturated heterocycles. The number of nitrogens with one attached hydrogen (secondary N) is 1. The molecule has 24 heavy (non-hydrogen) atoms. The number of carbonyl (C=O) groups is 2. The molecule has 0 aromatic heterocycles. The van der Waals surface area contributed by atoms with Gasteiger partial charge in [0, 0.05) is 31.6 Å². The standard InChI is InChI=1S/C16H22N4O3S/c1-6-24-12-9-7-11(8-10-12)13-16(2,14(21)20(5)17-13)23-18-15(22)19(3)4/h7-10H,6H2,1-5H3,(H,18,22). The van der Waals surface area contributed by atoms with Gasteiger partial charge in [0.05, 0.1) is 0 Å². The van der Waals surface area contributed by atoms with Gasteiger partial charge >= 0.3 is 6.03 Å². The van der Waals surface area contributed by atoms with E-state index in [-0.39, 0.29) is 5.91 Å². The smallest absolute Gasteiger partial charge is 0.329 e. The maximum atomic E-state index is 12.5. The lowest BCUT2D eigenvalue weighted by atomic mass is 9.94. The number of thioether (sulfide) groups is 1. The first-order valence-electron chi connectivity index (χ1n) is 7.55. The number of hydroxylamine groups is 1. The van der Waals surface area contributed by atoms with Gasteiger partial charge in [-0.2, -0.15) is 5.10 Å². The molecule has 1 aliphatic rings. The van der Waals surface area contributed by atoms with E-state index in [2.05, 4.69) is 17.5 Å². The van der Waals surface area contributed by atoms with E-state index in [0.29, 0.717) is 5.71 Å². The highest BCUT2D eigenvalue weighted by atomic mass is 32.2. The summed E-state index contributed by atoms with van der Waals surface area (Å²) in [5.74, 6) is 0.641. The van der Waals surface area contributed by atoms with Gasteiger partial charge in [0.15, 0.2) is 0 Å². The summed E-state index contributed by atoms with van der Waals surface area (Å²) in [7, 11) is 4.73. The molecule has 0 fully saturated rings. The number of rotatable bonds is 5. The molecule has 0 saturated carbocycles. The van der Waals surface area contributed by atoms with E-state index in [1.54, 1.807) is 39.8 Å². The quantitative estimate of drug-likeness (QED) is 0.650. The first kappa shape index (κ1) is 18.3. The van der Waals surface area contributed by atoms with Gasteiger partial charge in [-0.15, -0.1) is 11.8 Å². The molecule has 0 radical (unpaired) electrons. The molecule has 1 N–H and O–H groups in total. The summed E-state index contributed by atoms with van der Waals surface area (Å²) in [6.45, 7) is 3.69. The summed E-state index contributed by atoms with van der Waals surface area (Å²) in [5.41, 5.74) is 2.16. The average molecular weight is 350 g/mol. The first-order valence-corrected chi connectivity index (χ1v) is 8.54. The molecule has 0 spiro atoms. The van der Waals surface area contributed by atoms with Crippen LogP contribution in [0, 0.1) is 0 Å². The second kappa shape index (κ2) is 7.23. The Hall–Kier alpha value is -2.06. The van der Waals surface area contributed by atoms with E-state index in [1.165, 1.54) is 9.91 Å². The van der Waals surface area contributed by atoms with Gasteiger partial charge < -0.3 is 4.90 Å². The number of benzene rings is 1. The van der Waals surface area contributed by atoms with Gasteiger partial charge in [0.25, 0.3) is 5.91 Å². The van der Waals surface area contributed by atoms with Crippen LogP contribution in [0.25, 0.3) is 0 Å². The second-order valence-corrected chi connectivity index (χ2v) is 7.01. The van der Waals surface area contributed by atoms with Crippen LogP contribution < -0.4 is 5.48 Å². The van der Waals surface area contributed by atoms with Gasteiger partial charge in [-0.05, 0) is 24.8 Å². The van der Waals surface area contributed by atoms with Crippen molar-refractivity contribution < 1.29 is 14.4 Å². The van der Waals surface area contributed by atoms with Crippen LogP contribution in [0.5, 0.6) is 0 Å². The average Bonchev–Trinajstić information content (AvgIpc) is 2.78. The fourth-order valence-corrected chi connectivity index (χ4v) is 2.90. The van der Waals surface area contributed by atoms with Crippen molar-refractivity contribution in [1.29, 1.82) is 0 Å². The minimum absolute atomic E-state index is 0.344. The molecular formula is C16H22N4O3S. The zero-order chi connectivity index (χ0) is 17.9. The molecule has 130 valence electrons. The van der Waals surface area contributed by atoms with Crippen molar-refractivity contribution in [3.05, 3.63) is 29.8 Å². The lowest BCUT2D eigenvalue weighted by Crippen LogP contribution is -2.51. The Morgan fingerprint density at radius 2 is 2.00 bits per heavy atom. The lowest BCUT2D eigenvalue weighted by molar-refractivity contribution is -0.148. The number of hydrazone groups is 1. The fourth-order valence-electron chi connectivity index (χ4n) is 2.24. The van der Waals surface area contributed by atoms with Crippen molar-refractivity contribution in [1.82, 2.24) is 15.4 Å². The van der Waals surface area contributed by atoms with Crippen molar-refractivity contribution in [2.24, 2.45) is 5.10 Å². The Morgan fingerprint density at radius 1 is 1.38 bits per heavy atom. The van der Waals surface area contributed by atoms with Crippen LogP contribution >= 0.6 is 11.8 Å². The molecule has 7 nitrogen and oxygen atoms in total. The third-order valence-electron chi connectivity index (χ3n) is 3.59. The number of hydrogen-bond acceptors (Lipinski definition) is 5. The summed E-state index contributed by atoms with van der Waals surface area (Å²) < 4.78 is 0. The minimum atomic E-state index is -1.38. The fraction of sp³-hybridized carbons (Fsp3) is 0.438. The second-order valence-electron chi connectivity index (χ2n) is 5.67. The van der Waals surface area contributed by atoms with Crippen LogP contribution in [-0.2, 0) is 9.63 Å².